The van der Waals surface area contributed by atoms with Gasteiger partial charge in [0.1, 0.15) is 22.3 Å². The number of nitrogens with one attached hydrogen (secondary N) is 1. The summed E-state index contributed by atoms with van der Waals surface area (Å²) in [7, 11) is 0. The van der Waals surface area contributed by atoms with E-state index in [2.05, 4.69) is 4.98 Å². The number of hydrogen-bond acceptors (Lipinski definition) is 2. The molecule has 4 aromatic rings. The van der Waals surface area contributed by atoms with Crippen molar-refractivity contribution < 1.29 is 13.9 Å². The van der Waals surface area contributed by atoms with Gasteiger partial charge in [0.25, 0.3) is 5.56 Å². The Morgan fingerprint density at radius 2 is 1.54 bits per heavy atom. The maximum absolute atomic E-state index is 13.2. The number of pyridine rings is 1. The lowest BCUT2D eigenvalue weighted by molar-refractivity contribution is 0.480. The molecule has 2 aromatic carbocycles. The Morgan fingerprint density at radius 1 is 0.962 bits per heavy atom. The van der Waals surface area contributed by atoms with Crippen LogP contribution in [0.5, 0.6) is 5.75 Å². The quantitative estimate of drug-likeness (QED) is 0.539. The lowest BCUT2D eigenvalue weighted by Gasteiger charge is -2.11. The van der Waals surface area contributed by atoms with Gasteiger partial charge >= 0.3 is 0 Å². The van der Waals surface area contributed by atoms with E-state index >= 15 is 0 Å². The standard InChI is InChI=1S/C19H11ClF2N2O2/c20-15-9-14-17(24(15)13-7-5-12(22)6-8-13)18(25)16(19(26)23-14)10-1-3-11(21)4-2-10/h1-9H,(H2,23,25,26). The summed E-state index contributed by atoms with van der Waals surface area (Å²) in [5.74, 6) is -1.17. The molecule has 0 unspecified atom stereocenters. The van der Waals surface area contributed by atoms with Gasteiger partial charge < -0.3 is 10.1 Å². The monoisotopic (exact) mass is 372 g/mol. The van der Waals surface area contributed by atoms with Crippen molar-refractivity contribution in [3.05, 3.63) is 81.7 Å². The van der Waals surface area contributed by atoms with Gasteiger partial charge in [0, 0.05) is 5.69 Å². The van der Waals surface area contributed by atoms with E-state index in [9.17, 15) is 18.7 Å². The SMILES string of the molecule is O=c1[nH]c2cc(Cl)n(-c3ccc(F)cc3)c2c(O)c1-c1ccc(F)cc1. The molecule has 4 nitrogen and oxygen atoms in total. The van der Waals surface area contributed by atoms with Crippen LogP contribution in [0.15, 0.2) is 59.4 Å². The van der Waals surface area contributed by atoms with Crippen molar-refractivity contribution in [2.75, 3.05) is 0 Å². The van der Waals surface area contributed by atoms with E-state index in [1.165, 1.54) is 59.2 Å². The number of aromatic hydroxyl groups is 1. The number of aromatic amines is 1. The zero-order chi connectivity index (χ0) is 18.4. The highest BCUT2D eigenvalue weighted by atomic mass is 35.5. The molecule has 26 heavy (non-hydrogen) atoms. The van der Waals surface area contributed by atoms with E-state index in [1.54, 1.807) is 0 Å². The molecular weight excluding hydrogens is 362 g/mol. The number of rotatable bonds is 2. The number of halogens is 3. The van der Waals surface area contributed by atoms with Crippen molar-refractivity contribution in [3.8, 4) is 22.6 Å². The maximum Gasteiger partial charge on any atom is 0.260 e. The third-order valence-electron chi connectivity index (χ3n) is 4.11. The minimum Gasteiger partial charge on any atom is -0.505 e. The number of benzene rings is 2. The zero-order valence-electron chi connectivity index (χ0n) is 13.1. The lowest BCUT2D eigenvalue weighted by Crippen LogP contribution is -2.09. The van der Waals surface area contributed by atoms with Gasteiger partial charge in [-0.05, 0) is 48.0 Å². The smallest absolute Gasteiger partial charge is 0.260 e. The van der Waals surface area contributed by atoms with E-state index in [0.29, 0.717) is 16.8 Å². The molecule has 0 bridgehead atoms. The molecule has 0 saturated heterocycles. The Labute approximate surface area is 150 Å². The van der Waals surface area contributed by atoms with Crippen LogP contribution in [0.1, 0.15) is 0 Å². The van der Waals surface area contributed by atoms with E-state index < -0.39 is 17.2 Å². The highest BCUT2D eigenvalue weighted by Gasteiger charge is 2.20. The van der Waals surface area contributed by atoms with E-state index in [0.717, 1.165) is 0 Å². The third kappa shape index (κ3) is 2.55. The Kier molecular flexibility index (Phi) is 3.77. The normalized spacial score (nSPS) is 11.2. The molecule has 0 aliphatic heterocycles. The second kappa shape index (κ2) is 6.00. The van der Waals surface area contributed by atoms with Crippen LogP contribution in [-0.2, 0) is 0 Å². The van der Waals surface area contributed by atoms with Gasteiger partial charge in [0.05, 0.1) is 11.1 Å². The summed E-state index contributed by atoms with van der Waals surface area (Å²) in [5, 5.41) is 11.0. The number of aromatic nitrogens is 2. The number of hydrogen-bond donors (Lipinski definition) is 2. The molecule has 2 heterocycles. The molecule has 2 N–H and O–H groups in total. The first-order chi connectivity index (χ1) is 12.5. The molecule has 0 atom stereocenters. The summed E-state index contributed by atoms with van der Waals surface area (Å²) in [6, 6.07) is 12.2. The van der Waals surface area contributed by atoms with Crippen LogP contribution < -0.4 is 5.56 Å². The fraction of sp³-hybridized carbons (Fsp3) is 0. The summed E-state index contributed by atoms with van der Waals surface area (Å²) in [5.41, 5.74) is 0.923. The molecule has 130 valence electrons. The zero-order valence-corrected chi connectivity index (χ0v) is 13.9. The third-order valence-corrected chi connectivity index (χ3v) is 4.39. The average molecular weight is 373 g/mol. The van der Waals surface area contributed by atoms with Gasteiger partial charge in [-0.25, -0.2) is 8.78 Å². The molecule has 7 heteroatoms. The number of H-pyrrole nitrogens is 1. The molecule has 0 saturated carbocycles. The Bertz CT molecular complexity index is 1180. The van der Waals surface area contributed by atoms with Gasteiger partial charge in [-0.1, -0.05) is 23.7 Å². The van der Waals surface area contributed by atoms with Crippen molar-refractivity contribution in [1.29, 1.82) is 0 Å². The van der Waals surface area contributed by atoms with Gasteiger partial charge in [-0.3, -0.25) is 9.36 Å². The van der Waals surface area contributed by atoms with E-state index in [1.807, 2.05) is 0 Å². The van der Waals surface area contributed by atoms with Gasteiger partial charge in [0.15, 0.2) is 5.75 Å². The van der Waals surface area contributed by atoms with Crippen LogP contribution in [-0.4, -0.2) is 14.7 Å². The Hall–Kier alpha value is -3.12. The molecule has 0 radical (unpaired) electrons. The number of fused-ring (bicyclic) bond motifs is 1. The van der Waals surface area contributed by atoms with Crippen LogP contribution >= 0.6 is 11.6 Å². The van der Waals surface area contributed by atoms with Crippen molar-refractivity contribution in [3.63, 3.8) is 0 Å². The molecule has 0 aliphatic carbocycles. The lowest BCUT2D eigenvalue weighted by atomic mass is 10.1. The molecule has 2 aromatic heterocycles. The summed E-state index contributed by atoms with van der Waals surface area (Å²) in [4.78, 5) is 15.1. The van der Waals surface area contributed by atoms with Gasteiger partial charge in [0.2, 0.25) is 0 Å². The van der Waals surface area contributed by atoms with Crippen LogP contribution in [0.25, 0.3) is 27.8 Å². The summed E-state index contributed by atoms with van der Waals surface area (Å²) in [6.07, 6.45) is 0. The minimum absolute atomic E-state index is 0.00405. The Morgan fingerprint density at radius 3 is 2.15 bits per heavy atom. The van der Waals surface area contributed by atoms with E-state index in [4.69, 9.17) is 11.6 Å². The van der Waals surface area contributed by atoms with Crippen LogP contribution in [0.2, 0.25) is 5.15 Å². The van der Waals surface area contributed by atoms with Crippen LogP contribution in [0, 0.1) is 11.6 Å². The van der Waals surface area contributed by atoms with Gasteiger partial charge in [-0.2, -0.15) is 0 Å². The molecule has 4 rings (SSSR count). The summed E-state index contributed by atoms with van der Waals surface area (Å²) >= 11 is 6.27. The summed E-state index contributed by atoms with van der Waals surface area (Å²) in [6.45, 7) is 0. The van der Waals surface area contributed by atoms with Gasteiger partial charge in [-0.15, -0.1) is 0 Å². The predicted molar refractivity (Wildman–Crippen MR) is 95.9 cm³/mol. The molecule has 0 fully saturated rings. The topological polar surface area (TPSA) is 58.0 Å². The first-order valence-corrected chi connectivity index (χ1v) is 8.01. The molecular formula is C19H11ClF2N2O2. The fourth-order valence-corrected chi connectivity index (χ4v) is 3.24. The minimum atomic E-state index is -0.533. The fourth-order valence-electron chi connectivity index (χ4n) is 2.95. The maximum atomic E-state index is 13.2. The van der Waals surface area contributed by atoms with Crippen molar-refractivity contribution in [2.24, 2.45) is 0 Å². The molecule has 0 amide bonds. The van der Waals surface area contributed by atoms with Crippen LogP contribution in [0.3, 0.4) is 0 Å². The second-order valence-corrected chi connectivity index (χ2v) is 6.11. The van der Waals surface area contributed by atoms with Crippen molar-refractivity contribution in [1.82, 2.24) is 9.55 Å². The largest absolute Gasteiger partial charge is 0.505 e. The van der Waals surface area contributed by atoms with E-state index in [-0.39, 0.29) is 22.0 Å². The predicted octanol–water partition coefficient (Wildman–Crippen LogP) is 4.62. The average Bonchev–Trinajstić information content (AvgIpc) is 2.93. The van der Waals surface area contributed by atoms with Crippen molar-refractivity contribution >= 4 is 22.6 Å². The highest BCUT2D eigenvalue weighted by Crippen LogP contribution is 2.36. The van der Waals surface area contributed by atoms with Crippen LogP contribution in [0.4, 0.5) is 8.78 Å². The summed E-state index contributed by atoms with van der Waals surface area (Å²) < 4.78 is 27.9. The Balaban J connectivity index is 2.05. The van der Waals surface area contributed by atoms with Crippen molar-refractivity contribution in [2.45, 2.75) is 0 Å². The second-order valence-electron chi connectivity index (χ2n) is 5.73. The molecule has 0 aliphatic rings. The first-order valence-electron chi connectivity index (χ1n) is 7.64. The molecule has 0 spiro atoms. The number of nitrogens with zero attached hydrogens (tertiary/aromatic N) is 1. The first kappa shape index (κ1) is 16.4. The highest BCUT2D eigenvalue weighted by molar-refractivity contribution is 6.31.